The number of benzene rings is 2. The molecule has 0 aliphatic heterocycles. The van der Waals surface area contributed by atoms with Crippen molar-refractivity contribution in [2.75, 3.05) is 18.5 Å². The summed E-state index contributed by atoms with van der Waals surface area (Å²) in [5.74, 6) is -0.626. The second-order valence-electron chi connectivity index (χ2n) is 5.81. The Hall–Kier alpha value is -0.840. The molecule has 142 valence electrons. The van der Waals surface area contributed by atoms with E-state index in [1.165, 1.54) is 0 Å². The monoisotopic (exact) mass is 459 g/mol. The predicted octanol–water partition coefficient (Wildman–Crippen LogP) is 7.26. The highest BCUT2D eigenvalue weighted by molar-refractivity contribution is 9.10. The maximum atomic E-state index is 13.6. The van der Waals surface area contributed by atoms with Crippen LogP contribution in [0.15, 0.2) is 53.0 Å². The molecule has 7 heteroatoms. The summed E-state index contributed by atoms with van der Waals surface area (Å²) in [5, 5.41) is 3.94. The first-order valence-corrected chi connectivity index (χ1v) is 11.4. The number of halogens is 2. The fourth-order valence-electron chi connectivity index (χ4n) is 2.32. The lowest BCUT2D eigenvalue weighted by atomic mass is 10.2. The van der Waals surface area contributed by atoms with E-state index in [0.717, 1.165) is 28.6 Å². The average molecular weight is 461 g/mol. The summed E-state index contributed by atoms with van der Waals surface area (Å²) < 4.78 is 26.1. The van der Waals surface area contributed by atoms with Crippen LogP contribution in [0.1, 0.15) is 38.0 Å². The van der Waals surface area contributed by atoms with Crippen LogP contribution in [0.25, 0.3) is 0 Å². The zero-order valence-electron chi connectivity index (χ0n) is 15.0. The standard InChI is InChI=1S/C19H24BrClNO3P/c1-3-13-24-26(23,25-14-4-2)19(15-5-9-17(21)10-6-15)22-18-11-7-16(20)8-12-18/h5-12,19,22H,3-4,13-14H2,1-2H3/t19-/m1/s1. The summed E-state index contributed by atoms with van der Waals surface area (Å²) in [6.45, 7) is 4.69. The van der Waals surface area contributed by atoms with Gasteiger partial charge >= 0.3 is 7.60 Å². The lowest BCUT2D eigenvalue weighted by Gasteiger charge is -2.29. The van der Waals surface area contributed by atoms with E-state index >= 15 is 0 Å². The molecule has 0 bridgehead atoms. The van der Waals surface area contributed by atoms with Crippen LogP contribution in [0, 0.1) is 0 Å². The third-order valence-corrected chi connectivity index (χ3v) is 6.53. The van der Waals surface area contributed by atoms with E-state index in [1.54, 1.807) is 12.1 Å². The number of hydrogen-bond acceptors (Lipinski definition) is 4. The van der Waals surface area contributed by atoms with Gasteiger partial charge in [-0.15, -0.1) is 0 Å². The third-order valence-electron chi connectivity index (χ3n) is 3.60. The Balaban J connectivity index is 2.39. The molecule has 0 amide bonds. The maximum absolute atomic E-state index is 13.6. The summed E-state index contributed by atoms with van der Waals surface area (Å²) in [7, 11) is -3.44. The summed E-state index contributed by atoms with van der Waals surface area (Å²) in [6, 6.07) is 14.9. The van der Waals surface area contributed by atoms with Crippen molar-refractivity contribution in [1.82, 2.24) is 0 Å². The molecular weight excluding hydrogens is 437 g/mol. The van der Waals surface area contributed by atoms with Gasteiger partial charge in [0, 0.05) is 15.2 Å². The molecule has 4 nitrogen and oxygen atoms in total. The van der Waals surface area contributed by atoms with Gasteiger partial charge in [0.15, 0.2) is 5.78 Å². The van der Waals surface area contributed by atoms with E-state index in [1.807, 2.05) is 50.2 Å². The van der Waals surface area contributed by atoms with Crippen molar-refractivity contribution in [3.8, 4) is 0 Å². The third kappa shape index (κ3) is 6.11. The van der Waals surface area contributed by atoms with Gasteiger partial charge in [-0.05, 0) is 54.8 Å². The Morgan fingerprint density at radius 2 is 1.54 bits per heavy atom. The highest BCUT2D eigenvalue weighted by atomic mass is 79.9. The molecule has 0 aliphatic carbocycles. The molecule has 2 aromatic rings. The van der Waals surface area contributed by atoms with Gasteiger partial charge in [-0.25, -0.2) is 0 Å². The molecular formula is C19H24BrClNO3P. The van der Waals surface area contributed by atoms with E-state index in [9.17, 15) is 4.57 Å². The molecule has 1 atom stereocenters. The molecule has 0 heterocycles. The van der Waals surface area contributed by atoms with Crippen molar-refractivity contribution < 1.29 is 13.6 Å². The number of hydrogen-bond donors (Lipinski definition) is 1. The first-order valence-electron chi connectivity index (χ1n) is 8.65. The summed E-state index contributed by atoms with van der Waals surface area (Å²) in [4.78, 5) is 0. The highest BCUT2D eigenvalue weighted by Gasteiger charge is 2.37. The van der Waals surface area contributed by atoms with Gasteiger partial charge in [0.25, 0.3) is 0 Å². The molecule has 2 rings (SSSR count). The average Bonchev–Trinajstić information content (AvgIpc) is 2.65. The number of rotatable bonds is 10. The van der Waals surface area contributed by atoms with Crippen LogP contribution in [0.2, 0.25) is 5.02 Å². The zero-order chi connectivity index (χ0) is 19.0. The lowest BCUT2D eigenvalue weighted by Crippen LogP contribution is -2.16. The maximum Gasteiger partial charge on any atom is 0.357 e. The van der Waals surface area contributed by atoms with Crippen LogP contribution in [-0.2, 0) is 13.6 Å². The largest absolute Gasteiger partial charge is 0.368 e. The lowest BCUT2D eigenvalue weighted by molar-refractivity contribution is 0.199. The van der Waals surface area contributed by atoms with Crippen LogP contribution < -0.4 is 5.32 Å². The first kappa shape index (κ1) is 21.5. The molecule has 0 radical (unpaired) electrons. The number of anilines is 1. The van der Waals surface area contributed by atoms with Crippen molar-refractivity contribution in [3.05, 3.63) is 63.6 Å². The van der Waals surface area contributed by atoms with Crippen LogP contribution in [0.4, 0.5) is 5.69 Å². The molecule has 2 aromatic carbocycles. The van der Waals surface area contributed by atoms with Gasteiger partial charge in [0.05, 0.1) is 13.2 Å². The smallest absolute Gasteiger partial charge is 0.357 e. The summed E-state index contributed by atoms with van der Waals surface area (Å²) >= 11 is 9.44. The van der Waals surface area contributed by atoms with Crippen molar-refractivity contribution >= 4 is 40.8 Å². The fraction of sp³-hybridized carbons (Fsp3) is 0.368. The van der Waals surface area contributed by atoms with E-state index in [0.29, 0.717) is 18.2 Å². The number of nitrogens with one attached hydrogen (secondary N) is 1. The quantitative estimate of drug-likeness (QED) is 0.379. The Labute approximate surface area is 168 Å². The summed E-state index contributed by atoms with van der Waals surface area (Å²) in [5.41, 5.74) is 1.63. The molecule has 26 heavy (non-hydrogen) atoms. The van der Waals surface area contributed by atoms with Gasteiger partial charge in [-0.2, -0.15) is 0 Å². The molecule has 0 aromatic heterocycles. The van der Waals surface area contributed by atoms with Crippen molar-refractivity contribution in [3.63, 3.8) is 0 Å². The van der Waals surface area contributed by atoms with Gasteiger partial charge in [-0.1, -0.05) is 53.5 Å². The molecule has 0 unspecified atom stereocenters. The van der Waals surface area contributed by atoms with E-state index < -0.39 is 13.4 Å². The Kier molecular flexibility index (Phi) is 8.65. The molecule has 1 N–H and O–H groups in total. The normalized spacial score (nSPS) is 12.8. The van der Waals surface area contributed by atoms with Crippen LogP contribution in [0.3, 0.4) is 0 Å². The summed E-state index contributed by atoms with van der Waals surface area (Å²) in [6.07, 6.45) is 1.51. The Bertz CT molecular complexity index is 713. The van der Waals surface area contributed by atoms with Crippen LogP contribution >= 0.6 is 35.1 Å². The van der Waals surface area contributed by atoms with Crippen LogP contribution in [0.5, 0.6) is 0 Å². The van der Waals surface area contributed by atoms with E-state index in [4.69, 9.17) is 20.6 Å². The molecule has 0 fully saturated rings. The SMILES string of the molecule is CCCOP(=O)(OCCC)[C@@H](Nc1ccc(Br)cc1)c1ccc(Cl)cc1. The second kappa shape index (κ2) is 10.5. The van der Waals surface area contributed by atoms with Crippen molar-refractivity contribution in [1.29, 1.82) is 0 Å². The first-order chi connectivity index (χ1) is 12.5. The van der Waals surface area contributed by atoms with Gasteiger partial charge < -0.3 is 14.4 Å². The highest BCUT2D eigenvalue weighted by Crippen LogP contribution is 2.61. The Morgan fingerprint density at radius 3 is 2.04 bits per heavy atom. The van der Waals surface area contributed by atoms with Crippen molar-refractivity contribution in [2.24, 2.45) is 0 Å². The molecule has 0 saturated heterocycles. The molecule has 0 saturated carbocycles. The van der Waals surface area contributed by atoms with Gasteiger partial charge in [0.1, 0.15) is 0 Å². The van der Waals surface area contributed by atoms with E-state index in [-0.39, 0.29) is 0 Å². The van der Waals surface area contributed by atoms with E-state index in [2.05, 4.69) is 21.2 Å². The predicted molar refractivity (Wildman–Crippen MR) is 112 cm³/mol. The minimum Gasteiger partial charge on any atom is -0.368 e. The topological polar surface area (TPSA) is 47.6 Å². The molecule has 0 spiro atoms. The fourth-order valence-corrected chi connectivity index (χ4v) is 4.80. The van der Waals surface area contributed by atoms with Gasteiger partial charge in [0.2, 0.25) is 0 Å². The molecule has 0 aliphatic rings. The minimum atomic E-state index is -3.44. The van der Waals surface area contributed by atoms with Crippen molar-refractivity contribution in [2.45, 2.75) is 32.5 Å². The Morgan fingerprint density at radius 1 is 1.00 bits per heavy atom. The minimum absolute atomic E-state index is 0.368. The van der Waals surface area contributed by atoms with Crippen LogP contribution in [-0.4, -0.2) is 13.2 Å². The van der Waals surface area contributed by atoms with Gasteiger partial charge in [-0.3, -0.25) is 4.57 Å². The zero-order valence-corrected chi connectivity index (χ0v) is 18.2. The second-order valence-corrected chi connectivity index (χ2v) is 9.28.